The molecule has 0 amide bonds. The number of imidazole rings is 1. The zero-order valence-corrected chi connectivity index (χ0v) is 8.01. The Kier molecular flexibility index (Phi) is 2.35. The van der Waals surface area contributed by atoms with Gasteiger partial charge in [-0.05, 0) is 6.92 Å². The molecule has 0 spiro atoms. The number of carbonyl (C=O) groups is 1. The van der Waals surface area contributed by atoms with Crippen molar-refractivity contribution >= 4 is 5.78 Å². The van der Waals surface area contributed by atoms with Gasteiger partial charge in [0.2, 0.25) is 0 Å². The van der Waals surface area contributed by atoms with Gasteiger partial charge < -0.3 is 9.30 Å². The highest BCUT2D eigenvalue weighted by Crippen LogP contribution is 2.24. The quantitative estimate of drug-likeness (QED) is 0.712. The summed E-state index contributed by atoms with van der Waals surface area (Å²) in [7, 11) is 0. The fourth-order valence-electron chi connectivity index (χ4n) is 1.55. The number of aryl methyl sites for hydroxylation is 1. The summed E-state index contributed by atoms with van der Waals surface area (Å²) in [4.78, 5) is 15.2. The van der Waals surface area contributed by atoms with E-state index in [4.69, 9.17) is 4.74 Å². The number of nitrogens with zero attached hydrogens (tertiary/aromatic N) is 2. The molecule has 1 aliphatic heterocycles. The van der Waals surface area contributed by atoms with Crippen molar-refractivity contribution in [2.45, 2.75) is 26.0 Å². The first kappa shape index (κ1) is 8.99. The Bertz CT molecular complexity index is 368. The molecule has 2 rings (SSSR count). The van der Waals surface area contributed by atoms with Crippen LogP contribution in [0.1, 0.15) is 25.1 Å². The van der Waals surface area contributed by atoms with Crippen LogP contribution >= 0.6 is 0 Å². The largest absolute Gasteiger partial charge is 0.491 e. The second-order valence-corrected chi connectivity index (χ2v) is 3.20. The fraction of sp³-hybridized carbons (Fsp3) is 0.400. The van der Waals surface area contributed by atoms with E-state index in [1.54, 1.807) is 12.5 Å². The van der Waals surface area contributed by atoms with Crippen molar-refractivity contribution in [2.24, 2.45) is 0 Å². The van der Waals surface area contributed by atoms with Gasteiger partial charge in [-0.25, -0.2) is 4.98 Å². The van der Waals surface area contributed by atoms with E-state index in [2.05, 4.69) is 4.98 Å². The Morgan fingerprint density at radius 1 is 1.71 bits per heavy atom. The number of hydrogen-bond acceptors (Lipinski definition) is 3. The van der Waals surface area contributed by atoms with E-state index in [0.717, 1.165) is 12.2 Å². The number of aromatic nitrogens is 2. The first-order valence-corrected chi connectivity index (χ1v) is 4.66. The van der Waals surface area contributed by atoms with Crippen molar-refractivity contribution in [3.8, 4) is 0 Å². The maximum atomic E-state index is 11.2. The highest BCUT2D eigenvalue weighted by Gasteiger charge is 2.21. The van der Waals surface area contributed by atoms with Gasteiger partial charge in [0, 0.05) is 12.6 Å². The van der Waals surface area contributed by atoms with Gasteiger partial charge in [0.25, 0.3) is 0 Å². The second-order valence-electron chi connectivity index (χ2n) is 3.20. The summed E-state index contributed by atoms with van der Waals surface area (Å²) in [5.41, 5.74) is 0.963. The number of ether oxygens (including phenoxy) is 1. The molecule has 74 valence electrons. The molecule has 0 aliphatic carbocycles. The van der Waals surface area contributed by atoms with Crippen LogP contribution in [0.2, 0.25) is 0 Å². The van der Waals surface area contributed by atoms with Crippen LogP contribution in [0.5, 0.6) is 0 Å². The van der Waals surface area contributed by atoms with Crippen molar-refractivity contribution in [2.75, 3.05) is 0 Å². The number of rotatable bonds is 2. The number of carbonyl (C=O) groups excluding carboxylic acids is 1. The van der Waals surface area contributed by atoms with E-state index in [1.807, 2.05) is 11.5 Å². The Balaban J connectivity index is 2.23. The molecule has 2 heterocycles. The maximum absolute atomic E-state index is 11.2. The third kappa shape index (κ3) is 1.55. The van der Waals surface area contributed by atoms with Crippen LogP contribution < -0.4 is 0 Å². The molecule has 14 heavy (non-hydrogen) atoms. The van der Waals surface area contributed by atoms with E-state index in [0.29, 0.717) is 6.42 Å². The zero-order valence-electron chi connectivity index (χ0n) is 8.01. The van der Waals surface area contributed by atoms with Gasteiger partial charge in [-0.3, -0.25) is 4.79 Å². The molecule has 1 unspecified atom stereocenters. The van der Waals surface area contributed by atoms with Crippen molar-refractivity contribution in [3.05, 3.63) is 30.6 Å². The molecule has 1 aromatic heterocycles. The minimum Gasteiger partial charge on any atom is -0.491 e. The standard InChI is InChI=1S/C10H12N2O2/c1-2-12-7-11-6-9(12)10-5-8(13)3-4-14-10/h3-4,6-7,10H,2,5H2,1H3. The molecule has 0 saturated heterocycles. The molecule has 4 heteroatoms. The van der Waals surface area contributed by atoms with Gasteiger partial charge in [0.05, 0.1) is 30.9 Å². The molecular formula is C10H12N2O2. The Morgan fingerprint density at radius 3 is 3.29 bits per heavy atom. The van der Waals surface area contributed by atoms with E-state index in [-0.39, 0.29) is 11.9 Å². The lowest BCUT2D eigenvalue weighted by atomic mass is 10.1. The second kappa shape index (κ2) is 3.65. The molecule has 1 aliphatic rings. The van der Waals surface area contributed by atoms with Crippen molar-refractivity contribution in [1.29, 1.82) is 0 Å². The molecule has 0 bridgehead atoms. The lowest BCUT2D eigenvalue weighted by Gasteiger charge is -2.19. The summed E-state index contributed by atoms with van der Waals surface area (Å²) in [5, 5.41) is 0. The van der Waals surface area contributed by atoms with Crippen molar-refractivity contribution < 1.29 is 9.53 Å². The first-order chi connectivity index (χ1) is 6.81. The third-order valence-corrected chi connectivity index (χ3v) is 2.30. The Labute approximate surface area is 82.2 Å². The lowest BCUT2D eigenvalue weighted by molar-refractivity contribution is -0.118. The Morgan fingerprint density at radius 2 is 2.57 bits per heavy atom. The average molecular weight is 192 g/mol. The topological polar surface area (TPSA) is 44.1 Å². The van der Waals surface area contributed by atoms with Crippen molar-refractivity contribution in [3.63, 3.8) is 0 Å². The minimum absolute atomic E-state index is 0.102. The maximum Gasteiger partial charge on any atom is 0.162 e. The first-order valence-electron chi connectivity index (χ1n) is 4.66. The molecule has 1 atom stereocenters. The van der Waals surface area contributed by atoms with Gasteiger partial charge in [-0.15, -0.1) is 0 Å². The predicted molar refractivity (Wildman–Crippen MR) is 50.5 cm³/mol. The molecular weight excluding hydrogens is 180 g/mol. The third-order valence-electron chi connectivity index (χ3n) is 2.30. The van der Waals surface area contributed by atoms with Crippen molar-refractivity contribution in [1.82, 2.24) is 9.55 Å². The number of ketones is 1. The normalized spacial score (nSPS) is 20.9. The molecule has 1 aromatic rings. The monoisotopic (exact) mass is 192 g/mol. The van der Waals surface area contributed by atoms with Gasteiger partial charge in [0.15, 0.2) is 5.78 Å². The van der Waals surface area contributed by atoms with E-state index < -0.39 is 0 Å². The van der Waals surface area contributed by atoms with Gasteiger partial charge in [-0.2, -0.15) is 0 Å². The molecule has 0 N–H and O–H groups in total. The van der Waals surface area contributed by atoms with E-state index in [9.17, 15) is 4.79 Å². The molecule has 0 fully saturated rings. The number of hydrogen-bond donors (Lipinski definition) is 0. The van der Waals surface area contributed by atoms with Crippen LogP contribution in [-0.4, -0.2) is 15.3 Å². The summed E-state index contributed by atoms with van der Waals surface area (Å²) in [5.74, 6) is 0.102. The van der Waals surface area contributed by atoms with Gasteiger partial charge in [0.1, 0.15) is 6.10 Å². The van der Waals surface area contributed by atoms with Crippen LogP contribution in [0.4, 0.5) is 0 Å². The highest BCUT2D eigenvalue weighted by molar-refractivity contribution is 5.90. The summed E-state index contributed by atoms with van der Waals surface area (Å²) in [6.07, 6.45) is 6.66. The predicted octanol–water partition coefficient (Wildman–Crippen LogP) is 1.45. The summed E-state index contributed by atoms with van der Waals surface area (Å²) in [6, 6.07) is 0. The SMILES string of the molecule is CCn1cncc1C1CC(=O)C=CO1. The van der Waals surface area contributed by atoms with Crippen LogP contribution in [0, 0.1) is 0 Å². The average Bonchev–Trinajstić information content (AvgIpc) is 2.65. The molecule has 0 aromatic carbocycles. The number of allylic oxidation sites excluding steroid dienone is 1. The van der Waals surface area contributed by atoms with E-state index in [1.165, 1.54) is 12.3 Å². The molecule has 0 saturated carbocycles. The smallest absolute Gasteiger partial charge is 0.162 e. The zero-order chi connectivity index (χ0) is 9.97. The highest BCUT2D eigenvalue weighted by atomic mass is 16.5. The molecule has 0 radical (unpaired) electrons. The lowest BCUT2D eigenvalue weighted by Crippen LogP contribution is -2.14. The van der Waals surface area contributed by atoms with Gasteiger partial charge >= 0.3 is 0 Å². The fourth-order valence-corrected chi connectivity index (χ4v) is 1.55. The summed E-state index contributed by atoms with van der Waals surface area (Å²) >= 11 is 0. The minimum atomic E-state index is -0.171. The summed E-state index contributed by atoms with van der Waals surface area (Å²) < 4.78 is 7.36. The van der Waals surface area contributed by atoms with Crippen LogP contribution in [0.3, 0.4) is 0 Å². The molecule has 4 nitrogen and oxygen atoms in total. The van der Waals surface area contributed by atoms with Crippen LogP contribution in [0.15, 0.2) is 24.9 Å². The summed E-state index contributed by atoms with van der Waals surface area (Å²) in [6.45, 7) is 2.87. The van der Waals surface area contributed by atoms with Crippen LogP contribution in [0.25, 0.3) is 0 Å². The van der Waals surface area contributed by atoms with Gasteiger partial charge in [-0.1, -0.05) is 0 Å². The Hall–Kier alpha value is -1.58. The van der Waals surface area contributed by atoms with E-state index >= 15 is 0 Å². The van der Waals surface area contributed by atoms with Crippen LogP contribution in [-0.2, 0) is 16.1 Å².